The number of rotatable bonds is 7. The Morgan fingerprint density at radius 2 is 1.68 bits per heavy atom. The van der Waals surface area contributed by atoms with Gasteiger partial charge in [-0.2, -0.15) is 13.2 Å². The molecule has 0 unspecified atom stereocenters. The molecule has 5 rings (SSSR count). The smallest absolute Gasteiger partial charge is 0.305 e. The molecule has 0 radical (unpaired) electrons. The van der Waals surface area contributed by atoms with Crippen LogP contribution in [0.15, 0.2) is 76.8 Å². The third kappa shape index (κ3) is 5.05. The van der Waals surface area contributed by atoms with Crippen LogP contribution >= 0.6 is 23.4 Å². The molecule has 1 N–H and O–H groups in total. The van der Waals surface area contributed by atoms with E-state index in [9.17, 15) is 31.2 Å². The predicted molar refractivity (Wildman–Crippen MR) is 135 cm³/mol. The lowest BCUT2D eigenvalue weighted by Gasteiger charge is -2.23. The van der Waals surface area contributed by atoms with Crippen molar-refractivity contribution in [3.8, 4) is 0 Å². The minimum Gasteiger partial charge on any atom is -0.305 e. The Bertz CT molecular complexity index is 1510. The molecule has 1 aliphatic carbocycles. The van der Waals surface area contributed by atoms with Gasteiger partial charge in [0.05, 0.1) is 29.0 Å². The number of nitrogens with one attached hydrogen (secondary N) is 1. The number of anilines is 2. The molecule has 2 fully saturated rings. The summed E-state index contributed by atoms with van der Waals surface area (Å²) in [6.45, 7) is -0.0932. The first-order valence-electron chi connectivity index (χ1n) is 11.1. The number of benzene rings is 2. The van der Waals surface area contributed by atoms with Gasteiger partial charge in [-0.15, -0.1) is 0 Å². The molecule has 2 aliphatic rings. The number of carbonyl (C=O) groups is 2. The number of carbonyl (C=O) groups excluding carboxylic acids is 2. The van der Waals surface area contributed by atoms with Gasteiger partial charge in [-0.1, -0.05) is 11.6 Å². The number of aromatic nitrogens is 1. The number of imide groups is 1. The SMILES string of the molecule is O=C1N(c2ccc(SC(F)(F)F)cc2)C(=O)C2(CC2)N1Cc1ccncc1NS(=O)(=O)c1ccc(Cl)cc1. The third-order valence-corrected chi connectivity index (χ3v) is 8.57. The summed E-state index contributed by atoms with van der Waals surface area (Å²) in [5.74, 6) is -0.476. The fraction of sp³-hybridized carbons (Fsp3) is 0.208. The van der Waals surface area contributed by atoms with Crippen LogP contribution in [0.3, 0.4) is 0 Å². The molecule has 38 heavy (non-hydrogen) atoms. The quantitative estimate of drug-likeness (QED) is 0.285. The molecule has 1 saturated heterocycles. The summed E-state index contributed by atoms with van der Waals surface area (Å²) in [7, 11) is -4.01. The van der Waals surface area contributed by atoms with Gasteiger partial charge in [-0.05, 0) is 84.8 Å². The monoisotopic (exact) mass is 582 g/mol. The van der Waals surface area contributed by atoms with Crippen LogP contribution in [0.2, 0.25) is 5.02 Å². The van der Waals surface area contributed by atoms with E-state index in [0.29, 0.717) is 23.4 Å². The Labute approximate surface area is 224 Å². The van der Waals surface area contributed by atoms with Crippen molar-refractivity contribution in [2.75, 3.05) is 9.62 Å². The molecule has 0 atom stereocenters. The summed E-state index contributed by atoms with van der Waals surface area (Å²) in [6.07, 6.45) is 3.56. The van der Waals surface area contributed by atoms with Crippen LogP contribution in [-0.4, -0.2) is 41.3 Å². The second-order valence-electron chi connectivity index (χ2n) is 8.67. The number of hydrogen-bond donors (Lipinski definition) is 1. The van der Waals surface area contributed by atoms with Crippen molar-refractivity contribution in [3.63, 3.8) is 0 Å². The Morgan fingerprint density at radius 3 is 2.29 bits per heavy atom. The van der Waals surface area contributed by atoms with Crippen LogP contribution in [-0.2, 0) is 21.4 Å². The summed E-state index contributed by atoms with van der Waals surface area (Å²) in [5, 5.41) is 0.372. The van der Waals surface area contributed by atoms with Crippen molar-refractivity contribution in [1.29, 1.82) is 0 Å². The van der Waals surface area contributed by atoms with Gasteiger partial charge in [0.1, 0.15) is 5.54 Å². The van der Waals surface area contributed by atoms with E-state index in [4.69, 9.17) is 11.6 Å². The first-order valence-corrected chi connectivity index (χ1v) is 13.8. The maximum Gasteiger partial charge on any atom is 0.446 e. The average molecular weight is 583 g/mol. The first kappa shape index (κ1) is 26.3. The zero-order valence-corrected chi connectivity index (χ0v) is 21.7. The molecular formula is C24H18ClF3N4O4S2. The van der Waals surface area contributed by atoms with Gasteiger partial charge in [-0.25, -0.2) is 18.1 Å². The average Bonchev–Trinajstić information content (AvgIpc) is 3.62. The maximum atomic E-state index is 13.4. The lowest BCUT2D eigenvalue weighted by molar-refractivity contribution is -0.120. The molecule has 2 heterocycles. The van der Waals surface area contributed by atoms with Gasteiger partial charge >= 0.3 is 11.5 Å². The lowest BCUT2D eigenvalue weighted by Crippen LogP contribution is -2.36. The standard InChI is InChI=1S/C24H18ClF3N4O4S2/c25-16-1-7-19(8-2-16)38(35,36)30-20-13-29-12-9-15(20)14-31-22(34)32(21(33)23(31)10-11-23)17-3-5-18(6-4-17)37-24(26,27)28/h1-9,12-13,30H,10-11,14H2. The number of thioether (sulfide) groups is 1. The number of pyridine rings is 1. The molecule has 1 saturated carbocycles. The zero-order valence-electron chi connectivity index (χ0n) is 19.3. The van der Waals surface area contributed by atoms with Crippen LogP contribution in [0.25, 0.3) is 0 Å². The van der Waals surface area contributed by atoms with Crippen LogP contribution in [0.5, 0.6) is 0 Å². The minimum absolute atomic E-state index is 0.0268. The molecule has 1 spiro atoms. The molecule has 8 nitrogen and oxygen atoms in total. The van der Waals surface area contributed by atoms with Crippen LogP contribution in [0.4, 0.5) is 29.3 Å². The molecule has 1 aliphatic heterocycles. The van der Waals surface area contributed by atoms with E-state index in [1.807, 2.05) is 0 Å². The molecule has 1 aromatic heterocycles. The number of hydrogen-bond acceptors (Lipinski definition) is 6. The molecule has 198 valence electrons. The molecule has 3 amide bonds. The fourth-order valence-electron chi connectivity index (χ4n) is 4.20. The molecule has 2 aromatic carbocycles. The summed E-state index contributed by atoms with van der Waals surface area (Å²) >= 11 is 5.56. The number of halogens is 4. The van der Waals surface area contributed by atoms with Crippen molar-refractivity contribution >= 4 is 56.7 Å². The zero-order chi connectivity index (χ0) is 27.3. The number of amides is 3. The number of nitrogens with zero attached hydrogens (tertiary/aromatic N) is 3. The van der Waals surface area contributed by atoms with Gasteiger partial charge in [0.2, 0.25) is 0 Å². The van der Waals surface area contributed by atoms with Crippen molar-refractivity contribution in [2.24, 2.45) is 0 Å². The van der Waals surface area contributed by atoms with E-state index in [0.717, 1.165) is 4.90 Å². The van der Waals surface area contributed by atoms with Gasteiger partial charge in [0.15, 0.2) is 0 Å². The van der Waals surface area contributed by atoms with Crippen LogP contribution < -0.4 is 9.62 Å². The topological polar surface area (TPSA) is 99.7 Å². The highest BCUT2D eigenvalue weighted by Gasteiger charge is 2.65. The van der Waals surface area contributed by atoms with E-state index in [1.165, 1.54) is 65.8 Å². The number of urea groups is 1. The minimum atomic E-state index is -4.47. The highest BCUT2D eigenvalue weighted by atomic mass is 35.5. The van der Waals surface area contributed by atoms with E-state index >= 15 is 0 Å². The van der Waals surface area contributed by atoms with Crippen molar-refractivity contribution in [2.45, 2.75) is 40.2 Å². The number of sulfonamides is 1. The van der Waals surface area contributed by atoms with Crippen LogP contribution in [0, 0.1) is 0 Å². The Balaban J connectivity index is 1.40. The normalized spacial score (nSPS) is 16.8. The molecule has 14 heteroatoms. The van der Waals surface area contributed by atoms with Gasteiger partial charge in [0.25, 0.3) is 15.9 Å². The van der Waals surface area contributed by atoms with Crippen molar-refractivity contribution < 1.29 is 31.2 Å². The summed E-state index contributed by atoms with van der Waals surface area (Å²) in [6, 6.07) is 11.4. The Morgan fingerprint density at radius 1 is 1.03 bits per heavy atom. The first-order chi connectivity index (χ1) is 17.9. The lowest BCUT2D eigenvalue weighted by atomic mass is 10.1. The van der Waals surface area contributed by atoms with E-state index in [1.54, 1.807) is 6.07 Å². The van der Waals surface area contributed by atoms with Gasteiger partial charge < -0.3 is 4.90 Å². The molecule has 0 bridgehead atoms. The highest BCUT2D eigenvalue weighted by Crippen LogP contribution is 2.50. The van der Waals surface area contributed by atoms with Crippen LogP contribution in [0.1, 0.15) is 18.4 Å². The fourth-order valence-corrected chi connectivity index (χ4v) is 5.95. The summed E-state index contributed by atoms with van der Waals surface area (Å²) < 4.78 is 66.3. The van der Waals surface area contributed by atoms with E-state index < -0.39 is 33.0 Å². The summed E-state index contributed by atoms with van der Waals surface area (Å²) in [4.78, 5) is 32.9. The molecular weight excluding hydrogens is 565 g/mol. The predicted octanol–water partition coefficient (Wildman–Crippen LogP) is 5.65. The highest BCUT2D eigenvalue weighted by molar-refractivity contribution is 8.00. The second kappa shape index (κ2) is 9.47. The maximum absolute atomic E-state index is 13.4. The second-order valence-corrected chi connectivity index (χ2v) is 11.9. The van der Waals surface area contributed by atoms with E-state index in [2.05, 4.69) is 9.71 Å². The van der Waals surface area contributed by atoms with Gasteiger partial charge in [0, 0.05) is 16.1 Å². The molecule has 3 aromatic rings. The van der Waals surface area contributed by atoms with Crippen molar-refractivity contribution in [1.82, 2.24) is 9.88 Å². The Hall–Kier alpha value is -3.29. The van der Waals surface area contributed by atoms with Crippen molar-refractivity contribution in [3.05, 3.63) is 77.6 Å². The third-order valence-electron chi connectivity index (χ3n) is 6.20. The van der Waals surface area contributed by atoms with E-state index in [-0.39, 0.29) is 39.5 Å². The Kier molecular flexibility index (Phi) is 6.56. The largest absolute Gasteiger partial charge is 0.446 e. The van der Waals surface area contributed by atoms with Gasteiger partial charge in [-0.3, -0.25) is 14.5 Å². The summed E-state index contributed by atoms with van der Waals surface area (Å²) in [5.41, 5.74) is -4.87. The number of alkyl halides is 3.